The fourth-order valence-corrected chi connectivity index (χ4v) is 11.2. The summed E-state index contributed by atoms with van der Waals surface area (Å²) in [6.07, 6.45) is 0. The highest BCUT2D eigenvalue weighted by Gasteiger charge is 2.20. The number of hydrogen-bond donors (Lipinski definition) is 0. The summed E-state index contributed by atoms with van der Waals surface area (Å²) < 4.78 is 9.71. The van der Waals surface area contributed by atoms with E-state index in [1.54, 1.807) is 0 Å². The minimum absolute atomic E-state index is 0.148. The maximum atomic E-state index is 2.44. The van der Waals surface area contributed by atoms with Crippen molar-refractivity contribution in [3.05, 3.63) is 242 Å². The quantitative estimate of drug-likeness (QED) is 0.159. The molecule has 4 aromatic heterocycles. The predicted molar refractivity (Wildman–Crippen MR) is 278 cm³/mol. The van der Waals surface area contributed by atoms with Gasteiger partial charge in [0.1, 0.15) is 0 Å². The zero-order chi connectivity index (χ0) is 43.5. The normalized spacial score (nSPS) is 12.2. The Morgan fingerprint density at radius 2 is 0.485 bits per heavy atom. The van der Waals surface area contributed by atoms with Crippen LogP contribution < -0.4 is 0 Å². The average molecular weight is 843 g/mol. The number of para-hydroxylation sites is 6. The van der Waals surface area contributed by atoms with Gasteiger partial charge in [-0.15, -0.1) is 0 Å². The van der Waals surface area contributed by atoms with E-state index < -0.39 is 0 Å². The van der Waals surface area contributed by atoms with Gasteiger partial charge in [0.25, 0.3) is 0 Å². The lowest BCUT2D eigenvalue weighted by Gasteiger charge is -2.17. The molecule has 0 N–H and O–H groups in total. The second kappa shape index (κ2) is 14.2. The highest BCUT2D eigenvalue weighted by Crippen LogP contribution is 2.40. The molecular weight excluding hydrogens is 801 g/mol. The van der Waals surface area contributed by atoms with Crippen molar-refractivity contribution < 1.29 is 0 Å². The van der Waals surface area contributed by atoms with Gasteiger partial charge in [-0.05, 0) is 108 Å². The van der Waals surface area contributed by atoms with Gasteiger partial charge in [0.05, 0.1) is 44.1 Å². The average Bonchev–Trinajstić information content (AvgIpc) is 4.11. The molecule has 0 aliphatic carbocycles. The third-order valence-corrected chi connectivity index (χ3v) is 14.2. The number of nitrogens with zero attached hydrogens (tertiary/aromatic N) is 4. The minimum atomic E-state index is 0.148. The molecule has 4 heterocycles. The first kappa shape index (κ1) is 36.8. The Hall–Kier alpha value is -8.60. The van der Waals surface area contributed by atoms with Crippen LogP contribution in [0.1, 0.15) is 24.0 Å². The van der Waals surface area contributed by atoms with Crippen LogP contribution in [0.15, 0.2) is 231 Å². The molecule has 4 nitrogen and oxygen atoms in total. The third kappa shape index (κ3) is 5.33. The van der Waals surface area contributed by atoms with E-state index >= 15 is 0 Å². The lowest BCUT2D eigenvalue weighted by Crippen LogP contribution is -2.01. The maximum absolute atomic E-state index is 2.44. The Morgan fingerprint density at radius 3 is 0.803 bits per heavy atom. The van der Waals surface area contributed by atoms with Crippen molar-refractivity contribution in [3.63, 3.8) is 0 Å². The van der Waals surface area contributed by atoms with Gasteiger partial charge in [0.15, 0.2) is 0 Å². The molecule has 0 unspecified atom stereocenters. The molecule has 0 saturated heterocycles. The molecule has 0 saturated carbocycles. The van der Waals surface area contributed by atoms with Gasteiger partial charge in [-0.1, -0.05) is 140 Å². The van der Waals surface area contributed by atoms with Gasteiger partial charge in [-0.25, -0.2) is 0 Å². The Morgan fingerprint density at radius 1 is 0.227 bits per heavy atom. The fraction of sp³-hybridized carbons (Fsp3) is 0.0323. The summed E-state index contributed by atoms with van der Waals surface area (Å²) in [6, 6.07) is 84.9. The van der Waals surface area contributed by atoms with E-state index in [-0.39, 0.29) is 5.92 Å². The zero-order valence-electron chi connectivity index (χ0n) is 36.3. The molecule has 0 spiro atoms. The molecular formula is C62H42N4. The summed E-state index contributed by atoms with van der Waals surface area (Å²) in [5, 5.41) is 10.1. The molecule has 310 valence electrons. The van der Waals surface area contributed by atoms with E-state index in [2.05, 4.69) is 256 Å². The van der Waals surface area contributed by atoms with Crippen molar-refractivity contribution in [2.45, 2.75) is 12.8 Å². The number of aromatic nitrogens is 4. The summed E-state index contributed by atoms with van der Waals surface area (Å²) in [4.78, 5) is 0. The van der Waals surface area contributed by atoms with Crippen molar-refractivity contribution in [1.29, 1.82) is 0 Å². The molecule has 0 aliphatic rings. The molecule has 4 heteroatoms. The Labute approximate surface area is 381 Å². The monoisotopic (exact) mass is 842 g/mol. The summed E-state index contributed by atoms with van der Waals surface area (Å²) in [6.45, 7) is 2.34. The smallest absolute Gasteiger partial charge is 0.0542 e. The van der Waals surface area contributed by atoms with E-state index in [1.165, 1.54) is 98.4 Å². The van der Waals surface area contributed by atoms with E-state index in [0.717, 1.165) is 22.7 Å². The lowest BCUT2D eigenvalue weighted by atomic mass is 9.92. The number of rotatable bonds is 6. The molecule has 14 rings (SSSR count). The first-order valence-electron chi connectivity index (χ1n) is 22.9. The van der Waals surface area contributed by atoms with Crippen molar-refractivity contribution in [3.8, 4) is 22.7 Å². The van der Waals surface area contributed by atoms with E-state index in [9.17, 15) is 0 Å². The van der Waals surface area contributed by atoms with Gasteiger partial charge in [-0.3, -0.25) is 0 Å². The molecule has 0 aliphatic heterocycles. The topological polar surface area (TPSA) is 19.7 Å². The highest BCUT2D eigenvalue weighted by atomic mass is 15.0. The van der Waals surface area contributed by atoms with Gasteiger partial charge in [-0.2, -0.15) is 0 Å². The largest absolute Gasteiger partial charge is 0.309 e. The minimum Gasteiger partial charge on any atom is -0.309 e. The number of hydrogen-bond acceptors (Lipinski definition) is 0. The second-order valence-electron chi connectivity index (χ2n) is 17.8. The Balaban J connectivity index is 0.863. The molecule has 0 amide bonds. The van der Waals surface area contributed by atoms with Gasteiger partial charge in [0.2, 0.25) is 0 Å². The van der Waals surface area contributed by atoms with Gasteiger partial charge < -0.3 is 18.3 Å². The Bertz CT molecular complexity index is 3880. The van der Waals surface area contributed by atoms with Crippen LogP contribution in [0.3, 0.4) is 0 Å². The van der Waals surface area contributed by atoms with E-state index in [4.69, 9.17) is 0 Å². The van der Waals surface area contributed by atoms with Crippen LogP contribution in [-0.2, 0) is 0 Å². The Kier molecular flexibility index (Phi) is 7.93. The molecule has 0 atom stereocenters. The van der Waals surface area contributed by atoms with Crippen LogP contribution in [0.2, 0.25) is 0 Å². The van der Waals surface area contributed by atoms with Crippen LogP contribution in [0.5, 0.6) is 0 Å². The van der Waals surface area contributed by atoms with Crippen LogP contribution in [-0.4, -0.2) is 18.3 Å². The SMILES string of the molecule is CC(c1cccc(-n2c3ccccc3c3cc(-n4c5ccccc5c5ccccc54)ccc32)c1)c1cccc(-n2c3ccccc3c3cc(-n4c5ccccc5c5ccccc54)ccc32)c1. The van der Waals surface area contributed by atoms with Gasteiger partial charge in [0, 0.05) is 71.8 Å². The molecule has 14 aromatic rings. The molecule has 0 fully saturated rings. The number of fused-ring (bicyclic) bond motifs is 12. The standard InChI is InChI=1S/C62H42N4/c1-40(41-16-14-18-43(36-41)63-59-30-12-6-24-51(59)53-38-45(32-34-61(53)63)65-55-26-8-2-20-47(55)48-21-3-9-27-56(48)65)42-17-15-19-44(37-42)64-60-31-13-7-25-52(60)54-39-46(33-35-62(54)64)66-57-28-10-4-22-49(57)50-23-5-11-29-58(50)66/h2-40H,1H3. The fourth-order valence-electron chi connectivity index (χ4n) is 11.2. The van der Waals surface area contributed by atoms with Crippen LogP contribution in [0.25, 0.3) is 110 Å². The molecule has 66 heavy (non-hydrogen) atoms. The third-order valence-electron chi connectivity index (χ3n) is 14.2. The lowest BCUT2D eigenvalue weighted by molar-refractivity contribution is 0.915. The summed E-state index contributed by atoms with van der Waals surface area (Å²) in [5.74, 6) is 0.148. The van der Waals surface area contributed by atoms with Crippen molar-refractivity contribution >= 4 is 87.2 Å². The molecule has 0 radical (unpaired) electrons. The van der Waals surface area contributed by atoms with Crippen molar-refractivity contribution in [1.82, 2.24) is 18.3 Å². The van der Waals surface area contributed by atoms with Crippen molar-refractivity contribution in [2.75, 3.05) is 0 Å². The highest BCUT2D eigenvalue weighted by molar-refractivity contribution is 6.14. The van der Waals surface area contributed by atoms with Crippen LogP contribution in [0, 0.1) is 0 Å². The summed E-state index contributed by atoms with van der Waals surface area (Å²) in [5.41, 5.74) is 16.9. The zero-order valence-corrected chi connectivity index (χ0v) is 36.3. The molecule has 10 aromatic carbocycles. The van der Waals surface area contributed by atoms with E-state index in [1.807, 2.05) is 0 Å². The maximum Gasteiger partial charge on any atom is 0.0542 e. The van der Waals surface area contributed by atoms with Crippen LogP contribution in [0.4, 0.5) is 0 Å². The summed E-state index contributed by atoms with van der Waals surface area (Å²) >= 11 is 0. The number of benzene rings is 10. The van der Waals surface area contributed by atoms with Crippen molar-refractivity contribution in [2.24, 2.45) is 0 Å². The molecule has 0 bridgehead atoms. The van der Waals surface area contributed by atoms with E-state index in [0.29, 0.717) is 0 Å². The van der Waals surface area contributed by atoms with Crippen LogP contribution >= 0.6 is 0 Å². The second-order valence-corrected chi connectivity index (χ2v) is 17.8. The predicted octanol–water partition coefficient (Wildman–Crippen LogP) is 16.2. The first-order chi connectivity index (χ1) is 32.7. The summed E-state index contributed by atoms with van der Waals surface area (Å²) in [7, 11) is 0. The van der Waals surface area contributed by atoms with Gasteiger partial charge >= 0.3 is 0 Å². The first-order valence-corrected chi connectivity index (χ1v) is 22.9.